The molecule has 2 aromatic rings. The highest BCUT2D eigenvalue weighted by Crippen LogP contribution is 2.41. The Morgan fingerprint density at radius 2 is 1.52 bits per heavy atom. The number of rotatable bonds is 9. The largest absolute Gasteiger partial charge is 0.495 e. The van der Waals surface area contributed by atoms with Gasteiger partial charge in [-0.25, -0.2) is 0 Å². The SMILES string of the molecule is C=C(c1ccc(OC)c(C#CCCCCO)c1)c1cc(OC)c(OC)c(OC)c1. The summed E-state index contributed by atoms with van der Waals surface area (Å²) < 4.78 is 21.7. The van der Waals surface area contributed by atoms with Gasteiger partial charge in [-0.15, -0.1) is 0 Å². The summed E-state index contributed by atoms with van der Waals surface area (Å²) in [6, 6.07) is 9.53. The molecule has 2 aromatic carbocycles. The number of hydrogen-bond donors (Lipinski definition) is 1. The summed E-state index contributed by atoms with van der Waals surface area (Å²) >= 11 is 0. The summed E-state index contributed by atoms with van der Waals surface area (Å²) in [5, 5.41) is 8.87. The minimum atomic E-state index is 0.190. The topological polar surface area (TPSA) is 57.2 Å². The molecule has 0 bridgehead atoms. The number of methoxy groups -OCH3 is 4. The van der Waals surface area contributed by atoms with Crippen molar-refractivity contribution in [1.29, 1.82) is 0 Å². The predicted octanol–water partition coefficient (Wildman–Crippen LogP) is 4.30. The Morgan fingerprint density at radius 1 is 0.862 bits per heavy atom. The Morgan fingerprint density at radius 3 is 2.07 bits per heavy atom. The van der Waals surface area contributed by atoms with Crippen LogP contribution in [0.2, 0.25) is 0 Å². The molecule has 0 saturated carbocycles. The smallest absolute Gasteiger partial charge is 0.203 e. The highest BCUT2D eigenvalue weighted by molar-refractivity contribution is 5.81. The monoisotopic (exact) mass is 396 g/mol. The molecular weight excluding hydrogens is 368 g/mol. The summed E-state index contributed by atoms with van der Waals surface area (Å²) in [7, 11) is 6.37. The standard InChI is InChI=1S/C24H28O5/c1-17(20-15-22(27-3)24(29-5)23(16-20)28-4)18-11-12-21(26-2)19(14-18)10-8-6-7-9-13-25/h11-12,14-16,25H,1,6-7,9,13H2,2-5H3. The molecule has 5 nitrogen and oxygen atoms in total. The van der Waals surface area contributed by atoms with E-state index in [1.54, 1.807) is 28.4 Å². The van der Waals surface area contributed by atoms with Crippen molar-refractivity contribution in [2.75, 3.05) is 35.0 Å². The molecule has 0 saturated heterocycles. The summed E-state index contributed by atoms with van der Waals surface area (Å²) in [6.45, 7) is 4.44. The van der Waals surface area contributed by atoms with Gasteiger partial charge in [0.2, 0.25) is 5.75 Å². The van der Waals surface area contributed by atoms with Crippen LogP contribution in [0.4, 0.5) is 0 Å². The first-order chi connectivity index (χ1) is 14.1. The van der Waals surface area contributed by atoms with E-state index >= 15 is 0 Å². The Labute approximate surface area is 172 Å². The van der Waals surface area contributed by atoms with E-state index in [2.05, 4.69) is 18.4 Å². The summed E-state index contributed by atoms with van der Waals surface area (Å²) in [5.74, 6) is 8.69. The lowest BCUT2D eigenvalue weighted by molar-refractivity contribution is 0.285. The number of unbranched alkanes of at least 4 members (excludes halogenated alkanes) is 2. The van der Waals surface area contributed by atoms with Crippen molar-refractivity contribution in [3.8, 4) is 34.8 Å². The third kappa shape index (κ3) is 5.46. The first-order valence-electron chi connectivity index (χ1n) is 9.37. The molecule has 154 valence electrons. The maximum atomic E-state index is 8.87. The highest BCUT2D eigenvalue weighted by atomic mass is 16.5. The van der Waals surface area contributed by atoms with Crippen molar-refractivity contribution < 1.29 is 24.1 Å². The molecule has 2 rings (SSSR count). The van der Waals surface area contributed by atoms with E-state index in [1.165, 1.54) is 0 Å². The highest BCUT2D eigenvalue weighted by Gasteiger charge is 2.16. The zero-order valence-electron chi connectivity index (χ0n) is 17.5. The Bertz CT molecular complexity index is 880. The summed E-state index contributed by atoms with van der Waals surface area (Å²) in [6.07, 6.45) is 2.34. The third-order valence-corrected chi connectivity index (χ3v) is 4.49. The predicted molar refractivity (Wildman–Crippen MR) is 115 cm³/mol. The maximum Gasteiger partial charge on any atom is 0.203 e. The van der Waals surface area contributed by atoms with Gasteiger partial charge >= 0.3 is 0 Å². The fourth-order valence-corrected chi connectivity index (χ4v) is 2.90. The molecule has 0 fully saturated rings. The lowest BCUT2D eigenvalue weighted by Gasteiger charge is -2.16. The second kappa shape index (κ2) is 11.0. The molecule has 0 aliphatic heterocycles. The normalized spacial score (nSPS) is 9.97. The van der Waals surface area contributed by atoms with Crippen LogP contribution in [-0.2, 0) is 0 Å². The molecule has 0 amide bonds. The van der Waals surface area contributed by atoms with Gasteiger partial charge < -0.3 is 24.1 Å². The average Bonchev–Trinajstić information content (AvgIpc) is 2.77. The molecule has 29 heavy (non-hydrogen) atoms. The first kappa shape index (κ1) is 22.2. The van der Waals surface area contributed by atoms with E-state index in [9.17, 15) is 0 Å². The molecule has 0 spiro atoms. The van der Waals surface area contributed by atoms with Crippen LogP contribution in [-0.4, -0.2) is 40.2 Å². The van der Waals surface area contributed by atoms with E-state index in [0.29, 0.717) is 23.0 Å². The van der Waals surface area contributed by atoms with E-state index in [-0.39, 0.29) is 6.61 Å². The molecule has 1 N–H and O–H groups in total. The Balaban J connectivity index is 2.39. The van der Waals surface area contributed by atoms with Gasteiger partial charge in [-0.1, -0.05) is 24.5 Å². The van der Waals surface area contributed by atoms with Crippen molar-refractivity contribution in [2.45, 2.75) is 19.3 Å². The molecule has 0 atom stereocenters. The van der Waals surface area contributed by atoms with Crippen molar-refractivity contribution in [2.24, 2.45) is 0 Å². The minimum absolute atomic E-state index is 0.190. The van der Waals surface area contributed by atoms with Crippen LogP contribution in [0.3, 0.4) is 0 Å². The lowest BCUT2D eigenvalue weighted by Crippen LogP contribution is -1.98. The van der Waals surface area contributed by atoms with Crippen LogP contribution < -0.4 is 18.9 Å². The number of ether oxygens (including phenoxy) is 4. The fourth-order valence-electron chi connectivity index (χ4n) is 2.90. The van der Waals surface area contributed by atoms with Crippen molar-refractivity contribution in [1.82, 2.24) is 0 Å². The van der Waals surface area contributed by atoms with Gasteiger partial charge in [0.15, 0.2) is 11.5 Å². The second-order valence-electron chi connectivity index (χ2n) is 6.29. The minimum Gasteiger partial charge on any atom is -0.495 e. The van der Waals surface area contributed by atoms with Crippen LogP contribution in [0.5, 0.6) is 23.0 Å². The Kier molecular flexibility index (Phi) is 8.45. The fraction of sp³-hybridized carbons (Fsp3) is 0.333. The van der Waals surface area contributed by atoms with Gasteiger partial charge in [0, 0.05) is 13.0 Å². The molecule has 0 aliphatic carbocycles. The van der Waals surface area contributed by atoms with E-state index in [1.807, 2.05) is 30.3 Å². The Hall–Kier alpha value is -3.10. The van der Waals surface area contributed by atoms with E-state index in [0.717, 1.165) is 41.5 Å². The molecule has 5 heteroatoms. The number of hydrogen-bond acceptors (Lipinski definition) is 5. The number of benzene rings is 2. The number of aliphatic hydroxyl groups is 1. The second-order valence-corrected chi connectivity index (χ2v) is 6.29. The molecular formula is C24H28O5. The summed E-state index contributed by atoms with van der Waals surface area (Å²) in [5.41, 5.74) is 3.36. The van der Waals surface area contributed by atoms with Gasteiger partial charge in [0.25, 0.3) is 0 Å². The van der Waals surface area contributed by atoms with Gasteiger partial charge in [-0.05, 0) is 53.8 Å². The zero-order chi connectivity index (χ0) is 21.2. The lowest BCUT2D eigenvalue weighted by atomic mass is 9.97. The van der Waals surface area contributed by atoms with Crippen LogP contribution in [0, 0.1) is 11.8 Å². The molecule has 0 unspecified atom stereocenters. The van der Waals surface area contributed by atoms with Crippen molar-refractivity contribution in [3.05, 3.63) is 53.6 Å². The van der Waals surface area contributed by atoms with Crippen molar-refractivity contribution in [3.63, 3.8) is 0 Å². The quantitative estimate of drug-likeness (QED) is 0.506. The van der Waals surface area contributed by atoms with Gasteiger partial charge in [0.05, 0.1) is 34.0 Å². The zero-order valence-corrected chi connectivity index (χ0v) is 17.5. The van der Waals surface area contributed by atoms with Crippen LogP contribution in [0.25, 0.3) is 5.57 Å². The molecule has 0 heterocycles. The van der Waals surface area contributed by atoms with Gasteiger partial charge in [-0.3, -0.25) is 0 Å². The maximum absolute atomic E-state index is 8.87. The van der Waals surface area contributed by atoms with Crippen molar-refractivity contribution >= 4 is 5.57 Å². The van der Waals surface area contributed by atoms with Crippen LogP contribution in [0.1, 0.15) is 36.0 Å². The average molecular weight is 396 g/mol. The molecule has 0 aromatic heterocycles. The van der Waals surface area contributed by atoms with Crippen LogP contribution >= 0.6 is 0 Å². The first-order valence-corrected chi connectivity index (χ1v) is 9.37. The third-order valence-electron chi connectivity index (χ3n) is 4.49. The number of aliphatic hydroxyl groups excluding tert-OH is 1. The van der Waals surface area contributed by atoms with E-state index < -0.39 is 0 Å². The molecule has 0 aliphatic rings. The van der Waals surface area contributed by atoms with Gasteiger partial charge in [-0.2, -0.15) is 0 Å². The van der Waals surface area contributed by atoms with Crippen LogP contribution in [0.15, 0.2) is 36.9 Å². The van der Waals surface area contributed by atoms with E-state index in [4.69, 9.17) is 24.1 Å². The molecule has 0 radical (unpaired) electrons. The summed E-state index contributed by atoms with van der Waals surface area (Å²) in [4.78, 5) is 0. The van der Waals surface area contributed by atoms with Gasteiger partial charge in [0.1, 0.15) is 5.75 Å².